The van der Waals surface area contributed by atoms with Crippen LogP contribution in [0.25, 0.3) is 10.2 Å². The lowest BCUT2D eigenvalue weighted by molar-refractivity contribution is 0.192. The molecule has 0 aliphatic carbocycles. The average molecular weight is 399 g/mol. The van der Waals surface area contributed by atoms with E-state index < -0.39 is 0 Å². The molecule has 1 unspecified atom stereocenters. The topological polar surface area (TPSA) is 61.5 Å². The number of piperazine rings is 1. The summed E-state index contributed by atoms with van der Waals surface area (Å²) >= 11 is 1.60. The van der Waals surface area contributed by atoms with Crippen molar-refractivity contribution in [2.75, 3.05) is 38.2 Å². The second-order valence-corrected chi connectivity index (χ2v) is 8.51. The summed E-state index contributed by atoms with van der Waals surface area (Å²) in [5, 5.41) is 0.739. The first-order valence-corrected chi connectivity index (χ1v) is 10.4. The normalized spacial score (nSPS) is 16.5. The fourth-order valence-corrected chi connectivity index (χ4v) is 4.84. The molecule has 0 spiro atoms. The maximum Gasteiger partial charge on any atom is 0.259 e. The molecule has 0 bridgehead atoms. The van der Waals surface area contributed by atoms with Crippen LogP contribution in [0, 0.1) is 13.8 Å². The van der Waals surface area contributed by atoms with Gasteiger partial charge in [0.15, 0.2) is 0 Å². The van der Waals surface area contributed by atoms with Gasteiger partial charge in [-0.3, -0.25) is 9.69 Å². The lowest BCUT2D eigenvalue weighted by atomic mass is 10.2. The van der Waals surface area contributed by atoms with Gasteiger partial charge in [0.1, 0.15) is 16.4 Å². The number of thiophene rings is 1. The van der Waals surface area contributed by atoms with E-state index in [4.69, 9.17) is 9.72 Å². The molecule has 2 aromatic heterocycles. The van der Waals surface area contributed by atoms with Gasteiger partial charge in [0.05, 0.1) is 18.5 Å². The van der Waals surface area contributed by atoms with Crippen molar-refractivity contribution in [1.82, 2.24) is 14.9 Å². The highest BCUT2D eigenvalue weighted by Crippen LogP contribution is 2.28. The zero-order valence-electron chi connectivity index (χ0n) is 16.8. The standard InChI is InChI=1S/C21H26N4O2S/c1-13-15(3)28-21-18(13)20(26)22-19(23-21)14(2)24-9-11-25(12-10-24)16-5-7-17(27-4)8-6-16/h5-8,14H,9-12H2,1-4H3,(H,22,23,26). The average Bonchev–Trinajstić information content (AvgIpc) is 3.01. The summed E-state index contributed by atoms with van der Waals surface area (Å²) < 4.78 is 5.24. The van der Waals surface area contributed by atoms with Gasteiger partial charge in [-0.2, -0.15) is 0 Å². The summed E-state index contributed by atoms with van der Waals surface area (Å²) in [6, 6.07) is 8.29. The Morgan fingerprint density at radius 2 is 1.82 bits per heavy atom. The summed E-state index contributed by atoms with van der Waals surface area (Å²) in [7, 11) is 1.68. The molecular weight excluding hydrogens is 372 g/mol. The van der Waals surface area contributed by atoms with Crippen molar-refractivity contribution < 1.29 is 4.74 Å². The molecule has 1 aliphatic rings. The number of methoxy groups -OCH3 is 1. The quantitative estimate of drug-likeness (QED) is 0.729. The molecule has 0 radical (unpaired) electrons. The van der Waals surface area contributed by atoms with Gasteiger partial charge in [-0.15, -0.1) is 11.3 Å². The van der Waals surface area contributed by atoms with E-state index in [2.05, 4.69) is 33.8 Å². The molecule has 0 amide bonds. The van der Waals surface area contributed by atoms with Crippen molar-refractivity contribution in [2.24, 2.45) is 0 Å². The van der Waals surface area contributed by atoms with Crippen molar-refractivity contribution >= 4 is 27.2 Å². The lowest BCUT2D eigenvalue weighted by Gasteiger charge is -2.38. The van der Waals surface area contributed by atoms with Gasteiger partial charge >= 0.3 is 0 Å². The largest absolute Gasteiger partial charge is 0.497 e. The van der Waals surface area contributed by atoms with Crippen LogP contribution in [0.4, 0.5) is 5.69 Å². The maximum absolute atomic E-state index is 12.6. The molecule has 1 aliphatic heterocycles. The Balaban J connectivity index is 1.48. The molecule has 3 aromatic rings. The molecule has 0 saturated carbocycles. The molecule has 1 fully saturated rings. The van der Waals surface area contributed by atoms with E-state index in [1.54, 1.807) is 18.4 Å². The minimum Gasteiger partial charge on any atom is -0.497 e. The van der Waals surface area contributed by atoms with E-state index in [0.29, 0.717) is 0 Å². The third-order valence-electron chi connectivity index (χ3n) is 5.75. The molecule has 6 nitrogen and oxygen atoms in total. The number of benzene rings is 1. The number of ether oxygens (including phenoxy) is 1. The number of anilines is 1. The molecule has 7 heteroatoms. The van der Waals surface area contributed by atoms with Crippen LogP contribution in [0.15, 0.2) is 29.1 Å². The third-order valence-corrected chi connectivity index (χ3v) is 6.85. The van der Waals surface area contributed by atoms with Crippen molar-refractivity contribution in [2.45, 2.75) is 26.8 Å². The number of nitrogens with one attached hydrogen (secondary N) is 1. The third kappa shape index (κ3) is 3.40. The Morgan fingerprint density at radius 3 is 2.46 bits per heavy atom. The van der Waals surface area contributed by atoms with Gasteiger partial charge in [-0.25, -0.2) is 4.98 Å². The van der Waals surface area contributed by atoms with E-state index >= 15 is 0 Å². The van der Waals surface area contributed by atoms with Crippen molar-refractivity contribution in [3.63, 3.8) is 0 Å². The zero-order chi connectivity index (χ0) is 19.8. The number of hydrogen-bond donors (Lipinski definition) is 1. The van der Waals surface area contributed by atoms with Crippen LogP contribution < -0.4 is 15.2 Å². The van der Waals surface area contributed by atoms with Gasteiger partial charge in [-0.05, 0) is 50.6 Å². The van der Waals surface area contributed by atoms with Crippen LogP contribution in [0.3, 0.4) is 0 Å². The SMILES string of the molecule is COc1ccc(N2CCN(C(C)c3nc4sc(C)c(C)c4c(=O)[nH]3)CC2)cc1. The smallest absolute Gasteiger partial charge is 0.259 e. The lowest BCUT2D eigenvalue weighted by Crippen LogP contribution is -2.47. The van der Waals surface area contributed by atoms with Crippen LogP contribution in [0.2, 0.25) is 0 Å². The maximum atomic E-state index is 12.6. The van der Waals surface area contributed by atoms with Gasteiger partial charge in [0.2, 0.25) is 0 Å². The number of aryl methyl sites for hydroxylation is 2. The van der Waals surface area contributed by atoms with E-state index in [0.717, 1.165) is 58.4 Å². The number of aromatic nitrogens is 2. The summed E-state index contributed by atoms with van der Waals surface area (Å²) in [5.74, 6) is 1.64. The van der Waals surface area contributed by atoms with Gasteiger partial charge in [0.25, 0.3) is 5.56 Å². The molecular formula is C21H26N4O2S. The van der Waals surface area contributed by atoms with Crippen LogP contribution in [0.1, 0.15) is 29.2 Å². The van der Waals surface area contributed by atoms with Crippen LogP contribution >= 0.6 is 11.3 Å². The fourth-order valence-electron chi connectivity index (χ4n) is 3.80. The second kappa shape index (κ2) is 7.56. The summed E-state index contributed by atoms with van der Waals surface area (Å²) in [5.41, 5.74) is 2.23. The van der Waals surface area contributed by atoms with Gasteiger partial charge in [-0.1, -0.05) is 0 Å². The first-order chi connectivity index (χ1) is 13.5. The number of hydrogen-bond acceptors (Lipinski definition) is 6. The van der Waals surface area contributed by atoms with Crippen molar-refractivity contribution in [1.29, 1.82) is 0 Å². The summed E-state index contributed by atoms with van der Waals surface area (Å²) in [4.78, 5) is 27.2. The number of aromatic amines is 1. The molecule has 1 N–H and O–H groups in total. The highest BCUT2D eigenvalue weighted by molar-refractivity contribution is 7.18. The first kappa shape index (κ1) is 19.0. The highest BCUT2D eigenvalue weighted by Gasteiger charge is 2.24. The van der Waals surface area contributed by atoms with E-state index in [1.807, 2.05) is 26.0 Å². The molecule has 148 valence electrons. The fraction of sp³-hybridized carbons (Fsp3) is 0.429. The molecule has 3 heterocycles. The number of rotatable bonds is 4. The predicted octanol–water partition coefficient (Wildman–Crippen LogP) is 3.49. The predicted molar refractivity (Wildman–Crippen MR) is 115 cm³/mol. The first-order valence-electron chi connectivity index (χ1n) is 9.61. The Hall–Kier alpha value is -2.38. The van der Waals surface area contributed by atoms with Crippen LogP contribution in [-0.2, 0) is 0 Å². The number of nitrogens with zero attached hydrogens (tertiary/aromatic N) is 3. The second-order valence-electron chi connectivity index (χ2n) is 7.31. The van der Waals surface area contributed by atoms with Gasteiger partial charge < -0.3 is 14.6 Å². The Bertz CT molecular complexity index is 1030. The minimum absolute atomic E-state index is 0.0226. The molecule has 1 saturated heterocycles. The van der Waals surface area contributed by atoms with Crippen molar-refractivity contribution in [3.8, 4) is 5.75 Å². The summed E-state index contributed by atoms with van der Waals surface area (Å²) in [6.45, 7) is 9.91. The van der Waals surface area contributed by atoms with Gasteiger partial charge in [0, 0.05) is 36.7 Å². The molecule has 4 rings (SSSR count). The van der Waals surface area contributed by atoms with Crippen LogP contribution in [-0.4, -0.2) is 48.2 Å². The minimum atomic E-state index is -0.0226. The number of fused-ring (bicyclic) bond motifs is 1. The highest BCUT2D eigenvalue weighted by atomic mass is 32.1. The molecule has 28 heavy (non-hydrogen) atoms. The van der Waals surface area contributed by atoms with E-state index in [-0.39, 0.29) is 11.6 Å². The van der Waals surface area contributed by atoms with Crippen molar-refractivity contribution in [3.05, 3.63) is 50.9 Å². The van der Waals surface area contributed by atoms with E-state index in [9.17, 15) is 4.79 Å². The van der Waals surface area contributed by atoms with Crippen LogP contribution in [0.5, 0.6) is 5.75 Å². The Labute approximate surface area is 168 Å². The Morgan fingerprint density at radius 1 is 1.14 bits per heavy atom. The molecule has 1 atom stereocenters. The zero-order valence-corrected chi connectivity index (χ0v) is 17.6. The summed E-state index contributed by atoms with van der Waals surface area (Å²) in [6.07, 6.45) is 0. The Kier molecular flexibility index (Phi) is 5.12. The molecule has 1 aromatic carbocycles. The van der Waals surface area contributed by atoms with E-state index in [1.165, 1.54) is 5.69 Å². The monoisotopic (exact) mass is 398 g/mol. The number of H-pyrrole nitrogens is 1.